The second-order valence-corrected chi connectivity index (χ2v) is 8.06. The van der Waals surface area contributed by atoms with E-state index in [0.29, 0.717) is 12.8 Å². The molecule has 1 aliphatic rings. The number of hydrogen-bond acceptors (Lipinski definition) is 3. The predicted molar refractivity (Wildman–Crippen MR) is 96.6 cm³/mol. The highest BCUT2D eigenvalue weighted by atomic mass is 16.1. The molecule has 1 aliphatic heterocycles. The van der Waals surface area contributed by atoms with Crippen LogP contribution in [-0.2, 0) is 0 Å². The van der Waals surface area contributed by atoms with Crippen LogP contribution in [0.1, 0.15) is 50.9 Å². The smallest absolute Gasteiger partial charge is 0.180 e. The maximum atomic E-state index is 13.3. The van der Waals surface area contributed by atoms with Gasteiger partial charge in [-0.3, -0.25) is 9.69 Å². The lowest BCUT2D eigenvalue weighted by Gasteiger charge is -2.52. The van der Waals surface area contributed by atoms with Gasteiger partial charge in [0.25, 0.3) is 0 Å². The first-order valence-electron chi connectivity index (χ1n) is 8.48. The number of ketones is 1. The van der Waals surface area contributed by atoms with Crippen molar-refractivity contribution in [3.8, 4) is 6.19 Å². The Morgan fingerprint density at radius 3 is 2.25 bits per heavy atom. The molecule has 0 saturated carbocycles. The SMILES string of the molecule is CC1(C)CC(C(=O)c2cccc3ccccc23)CC(C)(C)N1C#N. The zero-order valence-electron chi connectivity index (χ0n) is 14.8. The Morgan fingerprint density at radius 2 is 1.62 bits per heavy atom. The minimum Gasteiger partial charge on any atom is -0.300 e. The van der Waals surface area contributed by atoms with E-state index in [2.05, 4.69) is 33.9 Å². The fourth-order valence-corrected chi connectivity index (χ4v) is 4.40. The number of piperidine rings is 1. The number of hydrogen-bond donors (Lipinski definition) is 0. The van der Waals surface area contributed by atoms with Crippen molar-refractivity contribution in [1.29, 1.82) is 5.26 Å². The van der Waals surface area contributed by atoms with Crippen LogP contribution in [0.25, 0.3) is 10.8 Å². The Bertz CT molecular complexity index is 806. The fourth-order valence-electron chi connectivity index (χ4n) is 4.40. The van der Waals surface area contributed by atoms with Crippen LogP contribution in [-0.4, -0.2) is 21.8 Å². The summed E-state index contributed by atoms with van der Waals surface area (Å²) in [6.45, 7) is 8.22. The molecule has 0 unspecified atom stereocenters. The van der Waals surface area contributed by atoms with E-state index in [-0.39, 0.29) is 22.8 Å². The lowest BCUT2D eigenvalue weighted by Crippen LogP contribution is -2.59. The number of rotatable bonds is 2. The summed E-state index contributed by atoms with van der Waals surface area (Å²) >= 11 is 0. The van der Waals surface area contributed by atoms with E-state index >= 15 is 0 Å². The number of carbonyl (C=O) groups excluding carboxylic acids is 1. The van der Waals surface area contributed by atoms with Gasteiger partial charge in [-0.05, 0) is 51.3 Å². The van der Waals surface area contributed by atoms with E-state index in [9.17, 15) is 10.1 Å². The van der Waals surface area contributed by atoms with Gasteiger partial charge in [-0.25, -0.2) is 0 Å². The first-order valence-corrected chi connectivity index (χ1v) is 8.48. The minimum atomic E-state index is -0.318. The third-order valence-electron chi connectivity index (χ3n) is 5.23. The standard InChI is InChI=1S/C21H24N2O/c1-20(2)12-16(13-21(3,4)23(20)14-22)19(24)18-11-7-9-15-8-5-6-10-17(15)18/h5-11,16H,12-13H2,1-4H3. The largest absolute Gasteiger partial charge is 0.300 e. The lowest BCUT2D eigenvalue weighted by atomic mass is 9.71. The molecule has 0 atom stereocenters. The van der Waals surface area contributed by atoms with Crippen molar-refractivity contribution in [1.82, 2.24) is 4.90 Å². The summed E-state index contributed by atoms with van der Waals surface area (Å²) in [5, 5.41) is 11.6. The summed E-state index contributed by atoms with van der Waals surface area (Å²) in [4.78, 5) is 15.1. The van der Waals surface area contributed by atoms with Crippen LogP contribution in [0.4, 0.5) is 0 Å². The summed E-state index contributed by atoms with van der Waals surface area (Å²) in [6.07, 6.45) is 3.74. The van der Waals surface area contributed by atoms with Gasteiger partial charge in [-0.2, -0.15) is 5.26 Å². The predicted octanol–water partition coefficient (Wildman–Crippen LogP) is 4.77. The van der Waals surface area contributed by atoms with E-state index in [0.717, 1.165) is 16.3 Å². The number of fused-ring (bicyclic) bond motifs is 1. The van der Waals surface area contributed by atoms with Gasteiger partial charge in [0.05, 0.1) is 0 Å². The van der Waals surface area contributed by atoms with Crippen LogP contribution in [0, 0.1) is 17.4 Å². The van der Waals surface area contributed by atoms with Crippen LogP contribution in [0.2, 0.25) is 0 Å². The number of benzene rings is 2. The number of nitriles is 1. The summed E-state index contributed by atoms with van der Waals surface area (Å²) in [5.74, 6) is 0.135. The van der Waals surface area contributed by atoms with Gasteiger partial charge in [0, 0.05) is 22.6 Å². The zero-order chi connectivity index (χ0) is 17.5. The third kappa shape index (κ3) is 2.67. The van der Waals surface area contributed by atoms with E-state index in [1.807, 2.05) is 47.4 Å². The molecule has 0 radical (unpaired) electrons. The maximum absolute atomic E-state index is 13.3. The third-order valence-corrected chi connectivity index (χ3v) is 5.23. The molecule has 0 bridgehead atoms. The monoisotopic (exact) mass is 320 g/mol. The summed E-state index contributed by atoms with van der Waals surface area (Å²) < 4.78 is 0. The Hall–Kier alpha value is -2.34. The van der Waals surface area contributed by atoms with Crippen molar-refractivity contribution in [3.05, 3.63) is 48.0 Å². The zero-order valence-corrected chi connectivity index (χ0v) is 14.8. The van der Waals surface area contributed by atoms with Crippen molar-refractivity contribution >= 4 is 16.6 Å². The Balaban J connectivity index is 2.00. The van der Waals surface area contributed by atoms with E-state index in [4.69, 9.17) is 0 Å². The molecular formula is C21H24N2O. The fraction of sp³-hybridized carbons (Fsp3) is 0.429. The van der Waals surface area contributed by atoms with Crippen molar-refractivity contribution < 1.29 is 4.79 Å². The maximum Gasteiger partial charge on any atom is 0.180 e. The molecule has 1 heterocycles. The average molecular weight is 320 g/mol. The van der Waals surface area contributed by atoms with Gasteiger partial charge in [0.15, 0.2) is 12.0 Å². The average Bonchev–Trinajstić information content (AvgIpc) is 2.51. The van der Waals surface area contributed by atoms with Gasteiger partial charge < -0.3 is 0 Å². The van der Waals surface area contributed by atoms with Crippen LogP contribution >= 0.6 is 0 Å². The second kappa shape index (κ2) is 5.63. The molecular weight excluding hydrogens is 296 g/mol. The molecule has 2 aromatic carbocycles. The van der Waals surface area contributed by atoms with E-state index in [1.165, 1.54) is 0 Å². The minimum absolute atomic E-state index is 0.0644. The van der Waals surface area contributed by atoms with Gasteiger partial charge in [0.2, 0.25) is 0 Å². The summed E-state index contributed by atoms with van der Waals surface area (Å²) in [5.41, 5.74) is 0.165. The van der Waals surface area contributed by atoms with Crippen LogP contribution in [0.5, 0.6) is 0 Å². The Labute approximate surface area is 143 Å². The lowest BCUT2D eigenvalue weighted by molar-refractivity contribution is 0.0000805. The summed E-state index contributed by atoms with van der Waals surface area (Å²) in [7, 11) is 0. The highest BCUT2D eigenvalue weighted by molar-refractivity contribution is 6.09. The number of nitrogens with zero attached hydrogens (tertiary/aromatic N) is 2. The Kier molecular flexibility index (Phi) is 3.87. The quantitative estimate of drug-likeness (QED) is 0.591. The van der Waals surface area contributed by atoms with Crippen molar-refractivity contribution in [3.63, 3.8) is 0 Å². The molecule has 0 aliphatic carbocycles. The van der Waals surface area contributed by atoms with Crippen LogP contribution < -0.4 is 0 Å². The molecule has 1 fully saturated rings. The normalized spacial score (nSPS) is 19.9. The van der Waals surface area contributed by atoms with E-state index in [1.54, 1.807) is 0 Å². The van der Waals surface area contributed by atoms with Gasteiger partial charge in [-0.15, -0.1) is 0 Å². The highest BCUT2D eigenvalue weighted by Gasteiger charge is 2.47. The molecule has 0 amide bonds. The molecule has 24 heavy (non-hydrogen) atoms. The summed E-state index contributed by atoms with van der Waals surface area (Å²) in [6, 6.07) is 14.0. The first-order chi connectivity index (χ1) is 11.3. The first kappa shape index (κ1) is 16.5. The van der Waals surface area contributed by atoms with E-state index < -0.39 is 0 Å². The van der Waals surface area contributed by atoms with Crippen LogP contribution in [0.15, 0.2) is 42.5 Å². The molecule has 0 spiro atoms. The number of Topliss-reactive ketones (excluding diaryl/α,β-unsaturated/α-hetero) is 1. The van der Waals surface area contributed by atoms with Crippen molar-refractivity contribution in [2.45, 2.75) is 51.6 Å². The van der Waals surface area contributed by atoms with Crippen molar-refractivity contribution in [2.75, 3.05) is 0 Å². The number of carbonyl (C=O) groups is 1. The van der Waals surface area contributed by atoms with Gasteiger partial charge in [-0.1, -0.05) is 42.5 Å². The molecule has 3 nitrogen and oxygen atoms in total. The molecule has 3 heteroatoms. The molecule has 0 N–H and O–H groups in total. The highest BCUT2D eigenvalue weighted by Crippen LogP contribution is 2.42. The van der Waals surface area contributed by atoms with Crippen LogP contribution in [0.3, 0.4) is 0 Å². The van der Waals surface area contributed by atoms with Gasteiger partial charge >= 0.3 is 0 Å². The second-order valence-electron chi connectivity index (χ2n) is 8.06. The Morgan fingerprint density at radius 1 is 1.04 bits per heavy atom. The molecule has 0 aromatic heterocycles. The molecule has 3 rings (SSSR count). The topological polar surface area (TPSA) is 44.1 Å². The molecule has 124 valence electrons. The van der Waals surface area contributed by atoms with Gasteiger partial charge in [0.1, 0.15) is 0 Å². The van der Waals surface area contributed by atoms with Crippen molar-refractivity contribution in [2.24, 2.45) is 5.92 Å². The molecule has 1 saturated heterocycles. The number of likely N-dealkylation sites (tertiary alicyclic amines) is 1. The molecule has 2 aromatic rings.